The van der Waals surface area contributed by atoms with E-state index in [9.17, 15) is 0 Å². The number of anilines is 3. The van der Waals surface area contributed by atoms with Crippen molar-refractivity contribution in [3.05, 3.63) is 262 Å². The molecule has 0 saturated heterocycles. The van der Waals surface area contributed by atoms with Gasteiger partial charge in [0.2, 0.25) is 0 Å². The van der Waals surface area contributed by atoms with Crippen LogP contribution in [0.5, 0.6) is 0 Å². The Balaban J connectivity index is 0.934. The van der Waals surface area contributed by atoms with Gasteiger partial charge in [0.1, 0.15) is 0 Å². The van der Waals surface area contributed by atoms with Gasteiger partial charge >= 0.3 is 0 Å². The van der Waals surface area contributed by atoms with E-state index in [-0.39, 0.29) is 5.41 Å². The monoisotopic (exact) mass is 819 g/mol. The zero-order valence-corrected chi connectivity index (χ0v) is 36.4. The second-order valence-electron chi connectivity index (χ2n) is 18.3. The summed E-state index contributed by atoms with van der Waals surface area (Å²) < 4.78 is 0. The maximum absolute atomic E-state index is 2.52. The lowest BCUT2D eigenvalue weighted by molar-refractivity contribution is 0.660. The predicted molar refractivity (Wildman–Crippen MR) is 269 cm³/mol. The van der Waals surface area contributed by atoms with Gasteiger partial charge in [0.05, 0.1) is 0 Å². The Morgan fingerprint density at radius 2 is 1.05 bits per heavy atom. The van der Waals surface area contributed by atoms with Crippen molar-refractivity contribution < 1.29 is 0 Å². The normalized spacial score (nSPS) is 16.4. The molecule has 1 heteroatoms. The van der Waals surface area contributed by atoms with Crippen molar-refractivity contribution in [1.82, 2.24) is 0 Å². The lowest BCUT2D eigenvalue weighted by atomic mass is 9.71. The Morgan fingerprint density at radius 3 is 1.75 bits per heavy atom. The molecule has 4 aliphatic carbocycles. The van der Waals surface area contributed by atoms with E-state index < -0.39 is 0 Å². The largest absolute Gasteiger partial charge is 0.311 e. The number of allylic oxidation sites excluding steroid dienone is 6. The predicted octanol–water partition coefficient (Wildman–Crippen LogP) is 15.0. The third-order valence-corrected chi connectivity index (χ3v) is 14.4. The minimum atomic E-state index is -0.0404. The van der Waals surface area contributed by atoms with Crippen molar-refractivity contribution in [3.8, 4) is 33.4 Å². The Bertz CT molecular complexity index is 3340. The first-order valence-corrected chi connectivity index (χ1v) is 22.9. The summed E-state index contributed by atoms with van der Waals surface area (Å²) >= 11 is 0. The average molecular weight is 820 g/mol. The van der Waals surface area contributed by atoms with E-state index in [1.165, 1.54) is 93.9 Å². The van der Waals surface area contributed by atoms with Gasteiger partial charge in [-0.3, -0.25) is 0 Å². The summed E-state index contributed by atoms with van der Waals surface area (Å²) in [7, 11) is 0. The standard InChI is InChI=1S/C63H49N/c1-63(2)61-24-14-13-23-55(61)56-38-31-47(39-62(56)63)44-27-34-49(35-28-44)64(48-32-25-43(26-33-48)42-15-5-3-6-16-42)50-36-29-46(30-37-50)58-41-60-53-21-11-9-19-51(53)57(45-17-7-4-8-18-45)40-59(60)54-22-12-10-20-52(54)58/h3-7,9-17,19-40,60H,8,18,41H2,1-2H3. The zero-order valence-electron chi connectivity index (χ0n) is 36.4. The Morgan fingerprint density at radius 1 is 0.484 bits per heavy atom. The molecule has 0 fully saturated rings. The summed E-state index contributed by atoms with van der Waals surface area (Å²) in [5.74, 6) is 0.300. The minimum Gasteiger partial charge on any atom is -0.311 e. The number of hydrogen-bond acceptors (Lipinski definition) is 1. The van der Waals surface area contributed by atoms with E-state index >= 15 is 0 Å². The third-order valence-electron chi connectivity index (χ3n) is 14.4. The van der Waals surface area contributed by atoms with Gasteiger partial charge in [-0.15, -0.1) is 0 Å². The van der Waals surface area contributed by atoms with Gasteiger partial charge < -0.3 is 4.90 Å². The number of fused-ring (bicyclic) bond motifs is 7. The van der Waals surface area contributed by atoms with Gasteiger partial charge in [-0.1, -0.05) is 184 Å². The van der Waals surface area contributed by atoms with Crippen LogP contribution in [-0.4, -0.2) is 0 Å². The van der Waals surface area contributed by atoms with E-state index in [0.29, 0.717) is 5.92 Å². The average Bonchev–Trinajstić information content (AvgIpc) is 3.59. The highest BCUT2D eigenvalue weighted by Crippen LogP contribution is 2.50. The molecule has 306 valence electrons. The van der Waals surface area contributed by atoms with Crippen LogP contribution >= 0.6 is 0 Å². The quantitative estimate of drug-likeness (QED) is 0.155. The molecular formula is C63H49N. The number of benzene rings is 8. The van der Waals surface area contributed by atoms with E-state index in [1.54, 1.807) is 0 Å². The third kappa shape index (κ3) is 6.37. The first-order valence-electron chi connectivity index (χ1n) is 22.9. The number of rotatable bonds is 7. The van der Waals surface area contributed by atoms with Crippen LogP contribution in [0, 0.1) is 0 Å². The maximum Gasteiger partial charge on any atom is 0.0462 e. The van der Waals surface area contributed by atoms with Gasteiger partial charge in [0, 0.05) is 28.4 Å². The zero-order chi connectivity index (χ0) is 42.8. The van der Waals surface area contributed by atoms with Gasteiger partial charge in [-0.2, -0.15) is 0 Å². The lowest BCUT2D eigenvalue weighted by Crippen LogP contribution is -2.35. The highest BCUT2D eigenvalue weighted by Gasteiger charge is 2.35. The van der Waals surface area contributed by atoms with Crippen LogP contribution in [0.1, 0.15) is 66.8 Å². The second-order valence-corrected chi connectivity index (χ2v) is 18.3. The number of hydrogen-bond donors (Lipinski definition) is 0. The van der Waals surface area contributed by atoms with Crippen LogP contribution in [0.3, 0.4) is 0 Å². The second kappa shape index (κ2) is 15.4. The molecule has 0 aliphatic heterocycles. The summed E-state index contributed by atoms with van der Waals surface area (Å²) in [4.78, 5) is 2.40. The molecule has 0 heterocycles. The topological polar surface area (TPSA) is 3.24 Å². The van der Waals surface area contributed by atoms with Gasteiger partial charge in [0.25, 0.3) is 0 Å². The van der Waals surface area contributed by atoms with E-state index in [0.717, 1.165) is 36.3 Å². The van der Waals surface area contributed by atoms with Crippen LogP contribution in [0.2, 0.25) is 0 Å². The van der Waals surface area contributed by atoms with Crippen LogP contribution < -0.4 is 15.3 Å². The van der Waals surface area contributed by atoms with E-state index in [1.807, 2.05) is 0 Å². The van der Waals surface area contributed by atoms with Gasteiger partial charge in [-0.05, 0) is 162 Å². The summed E-state index contributed by atoms with van der Waals surface area (Å²) in [6, 6.07) is 72.3. The molecule has 0 radical (unpaired) electrons. The smallest absolute Gasteiger partial charge is 0.0462 e. The van der Waals surface area contributed by atoms with Crippen molar-refractivity contribution in [3.63, 3.8) is 0 Å². The van der Waals surface area contributed by atoms with Crippen molar-refractivity contribution in [1.29, 1.82) is 0 Å². The first-order chi connectivity index (χ1) is 31.5. The molecule has 1 atom stereocenters. The Labute approximate surface area is 377 Å². The molecule has 0 aromatic heterocycles. The molecular weight excluding hydrogens is 771 g/mol. The van der Waals surface area contributed by atoms with E-state index in [2.05, 4.69) is 237 Å². The molecule has 4 aliphatic rings. The SMILES string of the molecule is CC1(C)c2ccccc2-c2ccc(-c3ccc(N(c4ccc(C5=c6ccccc6=C6C=C(C7=CC=CCC7)c7ccccc7C6C5)cc4)c4ccc(-c5ccccc5)cc4)cc3)cc21. The van der Waals surface area contributed by atoms with Gasteiger partial charge in [0.15, 0.2) is 0 Å². The fourth-order valence-electron chi connectivity index (χ4n) is 11.1. The summed E-state index contributed by atoms with van der Waals surface area (Å²) in [5.41, 5.74) is 23.5. The molecule has 0 amide bonds. The molecule has 8 aromatic carbocycles. The van der Waals surface area contributed by atoms with Crippen molar-refractivity contribution in [2.45, 2.75) is 44.4 Å². The van der Waals surface area contributed by atoms with Crippen LogP contribution in [-0.2, 0) is 5.41 Å². The Kier molecular flexibility index (Phi) is 9.20. The fourth-order valence-corrected chi connectivity index (χ4v) is 11.1. The summed E-state index contributed by atoms with van der Waals surface area (Å²) in [6.45, 7) is 4.71. The molecule has 64 heavy (non-hydrogen) atoms. The van der Waals surface area contributed by atoms with Crippen molar-refractivity contribution >= 4 is 33.8 Å². The van der Waals surface area contributed by atoms with Crippen molar-refractivity contribution in [2.75, 3.05) is 4.90 Å². The highest BCUT2D eigenvalue weighted by atomic mass is 15.1. The molecule has 8 aromatic rings. The highest BCUT2D eigenvalue weighted by molar-refractivity contribution is 5.95. The molecule has 0 saturated carbocycles. The molecule has 0 N–H and O–H groups in total. The summed E-state index contributed by atoms with van der Waals surface area (Å²) in [5, 5.41) is 2.70. The molecule has 1 nitrogen and oxygen atoms in total. The van der Waals surface area contributed by atoms with Crippen LogP contribution in [0.25, 0.3) is 50.1 Å². The molecule has 0 spiro atoms. The molecule has 12 rings (SSSR count). The Hall–Kier alpha value is -7.48. The molecule has 0 bridgehead atoms. The van der Waals surface area contributed by atoms with Crippen LogP contribution in [0.4, 0.5) is 17.1 Å². The van der Waals surface area contributed by atoms with E-state index in [4.69, 9.17) is 0 Å². The van der Waals surface area contributed by atoms with Crippen molar-refractivity contribution in [2.24, 2.45) is 0 Å². The molecule has 1 unspecified atom stereocenters. The first kappa shape index (κ1) is 38.2. The lowest BCUT2D eigenvalue weighted by Gasteiger charge is -2.33. The fraction of sp³-hybridized carbons (Fsp3) is 0.111. The van der Waals surface area contributed by atoms with Crippen LogP contribution in [0.15, 0.2) is 224 Å². The van der Waals surface area contributed by atoms with Gasteiger partial charge in [-0.25, -0.2) is 0 Å². The number of nitrogens with zero attached hydrogens (tertiary/aromatic N) is 1. The maximum atomic E-state index is 2.52. The summed E-state index contributed by atoms with van der Waals surface area (Å²) in [6.07, 6.45) is 12.5. The minimum absolute atomic E-state index is 0.0404.